The molecule has 2 atom stereocenters. The van der Waals surface area contributed by atoms with Crippen molar-refractivity contribution in [3.8, 4) is 0 Å². The summed E-state index contributed by atoms with van der Waals surface area (Å²) in [5.74, 6) is -0.500. The normalized spacial score (nSPS) is 23.8. The molecule has 110 valence electrons. The van der Waals surface area contributed by atoms with Gasteiger partial charge in [-0.1, -0.05) is 0 Å². The van der Waals surface area contributed by atoms with Crippen LogP contribution < -0.4 is 5.32 Å². The Morgan fingerprint density at radius 1 is 1.47 bits per heavy atom. The number of carbonyl (C=O) groups is 2. The molecule has 1 heterocycles. The molecule has 0 aromatic carbocycles. The lowest BCUT2D eigenvalue weighted by Crippen LogP contribution is -2.54. The Bertz CT molecular complexity index is 360. The van der Waals surface area contributed by atoms with Crippen molar-refractivity contribution in [1.29, 1.82) is 0 Å². The zero-order valence-electron chi connectivity index (χ0n) is 12.1. The number of aliphatic carboxylic acids is 1. The van der Waals surface area contributed by atoms with E-state index in [4.69, 9.17) is 5.11 Å². The van der Waals surface area contributed by atoms with Gasteiger partial charge in [-0.15, -0.1) is 11.8 Å². The Labute approximate surface area is 118 Å². The third kappa shape index (κ3) is 3.76. The Balaban J connectivity index is 2.64. The lowest BCUT2D eigenvalue weighted by molar-refractivity contribution is -0.141. The summed E-state index contributed by atoms with van der Waals surface area (Å²) in [6.07, 6.45) is 0. The van der Waals surface area contributed by atoms with Crippen LogP contribution in [-0.2, 0) is 4.79 Å². The van der Waals surface area contributed by atoms with Crippen molar-refractivity contribution >= 4 is 23.8 Å². The van der Waals surface area contributed by atoms with E-state index < -0.39 is 12.0 Å². The summed E-state index contributed by atoms with van der Waals surface area (Å²) in [7, 11) is 3.89. The number of carboxylic acids is 1. The number of carbonyl (C=O) groups excluding carboxylic acids is 1. The molecule has 2 unspecified atom stereocenters. The number of hydrogen-bond donors (Lipinski definition) is 2. The Morgan fingerprint density at radius 2 is 2.05 bits per heavy atom. The van der Waals surface area contributed by atoms with Crippen LogP contribution in [0.25, 0.3) is 0 Å². The zero-order chi connectivity index (χ0) is 14.8. The second-order valence-electron chi connectivity index (χ2n) is 5.56. The van der Waals surface area contributed by atoms with Gasteiger partial charge in [-0.25, -0.2) is 9.59 Å². The van der Waals surface area contributed by atoms with E-state index in [9.17, 15) is 9.59 Å². The van der Waals surface area contributed by atoms with Crippen LogP contribution in [0.15, 0.2) is 0 Å². The zero-order valence-corrected chi connectivity index (χ0v) is 13.0. The van der Waals surface area contributed by atoms with Crippen LogP contribution >= 0.6 is 11.8 Å². The minimum atomic E-state index is -0.945. The van der Waals surface area contributed by atoms with Gasteiger partial charge in [-0.3, -0.25) is 4.90 Å². The molecule has 1 aliphatic rings. The highest BCUT2D eigenvalue weighted by atomic mass is 32.2. The standard InChI is InChI=1S/C12H23N3O3S/c1-8-15(9(6-19-8)10(16)17)11(18)13-7-12(2,3)14(4)5/h8-9H,6-7H2,1-5H3,(H,13,18)(H,16,17). The van der Waals surface area contributed by atoms with Crippen molar-refractivity contribution in [3.63, 3.8) is 0 Å². The van der Waals surface area contributed by atoms with Crippen LogP contribution in [-0.4, -0.2) is 70.3 Å². The molecule has 0 aromatic rings. The fourth-order valence-electron chi connectivity index (χ4n) is 1.68. The van der Waals surface area contributed by atoms with Crippen molar-refractivity contribution < 1.29 is 14.7 Å². The summed E-state index contributed by atoms with van der Waals surface area (Å²) in [6, 6.07) is -1.04. The lowest BCUT2D eigenvalue weighted by Gasteiger charge is -2.34. The van der Waals surface area contributed by atoms with E-state index in [0.717, 1.165) is 0 Å². The van der Waals surface area contributed by atoms with Crippen LogP contribution in [0.5, 0.6) is 0 Å². The maximum atomic E-state index is 12.2. The van der Waals surface area contributed by atoms with Gasteiger partial charge < -0.3 is 15.3 Å². The molecule has 0 aliphatic carbocycles. The number of hydrogen-bond acceptors (Lipinski definition) is 4. The molecule has 0 bridgehead atoms. The quantitative estimate of drug-likeness (QED) is 0.804. The molecule has 0 saturated carbocycles. The van der Waals surface area contributed by atoms with Gasteiger partial charge in [0.25, 0.3) is 0 Å². The van der Waals surface area contributed by atoms with Gasteiger partial charge in [0.1, 0.15) is 6.04 Å². The lowest BCUT2D eigenvalue weighted by atomic mass is 10.0. The van der Waals surface area contributed by atoms with E-state index >= 15 is 0 Å². The summed E-state index contributed by atoms with van der Waals surface area (Å²) < 4.78 is 0. The van der Waals surface area contributed by atoms with E-state index in [2.05, 4.69) is 5.32 Å². The smallest absolute Gasteiger partial charge is 0.327 e. The molecular weight excluding hydrogens is 266 g/mol. The third-order valence-electron chi connectivity index (χ3n) is 3.63. The topological polar surface area (TPSA) is 72.9 Å². The van der Waals surface area contributed by atoms with Gasteiger partial charge in [0.15, 0.2) is 0 Å². The number of amides is 2. The van der Waals surface area contributed by atoms with Crippen LogP contribution in [0, 0.1) is 0 Å². The molecular formula is C12H23N3O3S. The largest absolute Gasteiger partial charge is 0.480 e. The highest BCUT2D eigenvalue weighted by Gasteiger charge is 2.39. The van der Waals surface area contributed by atoms with Gasteiger partial charge in [0, 0.05) is 17.8 Å². The molecule has 2 N–H and O–H groups in total. The van der Waals surface area contributed by atoms with Crippen LogP contribution in [0.2, 0.25) is 0 Å². The molecule has 6 nitrogen and oxygen atoms in total. The molecule has 2 amide bonds. The average Bonchev–Trinajstić information content (AvgIpc) is 2.68. The number of nitrogens with one attached hydrogen (secondary N) is 1. The maximum absolute atomic E-state index is 12.2. The first-order valence-electron chi connectivity index (χ1n) is 6.25. The molecule has 19 heavy (non-hydrogen) atoms. The van der Waals surface area contributed by atoms with Crippen LogP contribution in [0.1, 0.15) is 20.8 Å². The highest BCUT2D eigenvalue weighted by Crippen LogP contribution is 2.28. The average molecular weight is 289 g/mol. The summed E-state index contributed by atoms with van der Waals surface area (Å²) in [6.45, 7) is 6.36. The Kier molecular flexibility index (Phi) is 5.09. The fraction of sp³-hybridized carbons (Fsp3) is 0.833. The molecule has 1 aliphatic heterocycles. The first-order chi connectivity index (χ1) is 8.66. The van der Waals surface area contributed by atoms with Crippen molar-refractivity contribution in [1.82, 2.24) is 15.1 Å². The molecule has 0 aromatic heterocycles. The number of rotatable bonds is 4. The highest BCUT2D eigenvalue weighted by molar-refractivity contribution is 8.00. The second-order valence-corrected chi connectivity index (χ2v) is 6.91. The Hall–Kier alpha value is -0.950. The monoisotopic (exact) mass is 289 g/mol. The molecule has 1 rings (SSSR count). The van der Waals surface area contributed by atoms with Gasteiger partial charge in [-0.05, 0) is 34.9 Å². The van der Waals surface area contributed by atoms with Crippen LogP contribution in [0.4, 0.5) is 4.79 Å². The third-order valence-corrected chi connectivity index (χ3v) is 4.84. The summed E-state index contributed by atoms with van der Waals surface area (Å²) in [5, 5.41) is 11.8. The minimum absolute atomic E-state index is 0.108. The molecule has 1 saturated heterocycles. The van der Waals surface area contributed by atoms with E-state index in [1.54, 1.807) is 0 Å². The summed E-state index contributed by atoms with van der Waals surface area (Å²) in [4.78, 5) is 26.7. The number of carboxylic acid groups (broad SMARTS) is 1. The van der Waals surface area contributed by atoms with Crippen molar-refractivity contribution in [2.45, 2.75) is 37.7 Å². The molecule has 1 fully saturated rings. The van der Waals surface area contributed by atoms with E-state index in [0.29, 0.717) is 12.3 Å². The number of likely N-dealkylation sites (N-methyl/N-ethyl adjacent to an activating group) is 1. The summed E-state index contributed by atoms with van der Waals surface area (Å²) >= 11 is 1.48. The predicted molar refractivity (Wildman–Crippen MR) is 76.3 cm³/mol. The molecule has 0 radical (unpaired) electrons. The molecule has 7 heteroatoms. The van der Waals surface area contributed by atoms with Gasteiger partial charge in [0.05, 0.1) is 5.37 Å². The summed E-state index contributed by atoms with van der Waals surface area (Å²) in [5.41, 5.74) is -0.176. The van der Waals surface area contributed by atoms with Crippen molar-refractivity contribution in [3.05, 3.63) is 0 Å². The Morgan fingerprint density at radius 3 is 2.53 bits per heavy atom. The first kappa shape index (κ1) is 16.1. The van der Waals surface area contributed by atoms with E-state index in [1.807, 2.05) is 39.8 Å². The number of urea groups is 1. The maximum Gasteiger partial charge on any atom is 0.327 e. The SMILES string of the molecule is CC1SCC(C(=O)O)N1C(=O)NCC(C)(C)N(C)C. The van der Waals surface area contributed by atoms with Gasteiger partial charge >= 0.3 is 12.0 Å². The van der Waals surface area contributed by atoms with Gasteiger partial charge in [-0.2, -0.15) is 0 Å². The van der Waals surface area contributed by atoms with E-state index in [-0.39, 0.29) is 16.9 Å². The van der Waals surface area contributed by atoms with Crippen molar-refractivity contribution in [2.24, 2.45) is 0 Å². The minimum Gasteiger partial charge on any atom is -0.480 e. The van der Waals surface area contributed by atoms with Crippen LogP contribution in [0.3, 0.4) is 0 Å². The van der Waals surface area contributed by atoms with E-state index in [1.165, 1.54) is 16.7 Å². The fourth-order valence-corrected chi connectivity index (χ4v) is 2.85. The van der Waals surface area contributed by atoms with Crippen molar-refractivity contribution in [2.75, 3.05) is 26.4 Å². The first-order valence-corrected chi connectivity index (χ1v) is 7.29. The molecule has 0 spiro atoms. The van der Waals surface area contributed by atoms with Gasteiger partial charge in [0.2, 0.25) is 0 Å². The second kappa shape index (κ2) is 6.00. The predicted octanol–water partition coefficient (Wildman–Crippen LogP) is 0.884. The number of nitrogens with zero attached hydrogens (tertiary/aromatic N) is 2. The number of thioether (sulfide) groups is 1.